The Morgan fingerprint density at radius 3 is 2.56 bits per heavy atom. The highest BCUT2D eigenvalue weighted by atomic mass is 32.2. The van der Waals surface area contributed by atoms with Crippen molar-refractivity contribution in [1.29, 1.82) is 0 Å². The van der Waals surface area contributed by atoms with Crippen molar-refractivity contribution >= 4 is 10.0 Å². The summed E-state index contributed by atoms with van der Waals surface area (Å²) in [5, 5.41) is 0. The first-order valence-electron chi connectivity index (χ1n) is 6.01. The largest absolute Gasteiger partial charge is 0.380 e. The van der Waals surface area contributed by atoms with Crippen LogP contribution in [0.5, 0.6) is 0 Å². The third-order valence-corrected chi connectivity index (χ3v) is 4.89. The lowest BCUT2D eigenvalue weighted by Gasteiger charge is -2.19. The van der Waals surface area contributed by atoms with E-state index < -0.39 is 10.0 Å². The number of ether oxygens (including phenoxy) is 1. The molecule has 0 aromatic heterocycles. The van der Waals surface area contributed by atoms with Gasteiger partial charge >= 0.3 is 0 Å². The van der Waals surface area contributed by atoms with Gasteiger partial charge in [-0.1, -0.05) is 12.1 Å². The topological polar surface area (TPSA) is 72.6 Å². The van der Waals surface area contributed by atoms with Gasteiger partial charge in [-0.05, 0) is 24.1 Å². The van der Waals surface area contributed by atoms with E-state index in [9.17, 15) is 8.42 Å². The first-order chi connectivity index (χ1) is 8.64. The Labute approximate surface area is 108 Å². The summed E-state index contributed by atoms with van der Waals surface area (Å²) in [5.74, 6) is 0. The summed E-state index contributed by atoms with van der Waals surface area (Å²) in [7, 11) is -3.40. The minimum atomic E-state index is -3.40. The Morgan fingerprint density at radius 2 is 1.89 bits per heavy atom. The van der Waals surface area contributed by atoms with Crippen LogP contribution in [0.25, 0.3) is 0 Å². The summed E-state index contributed by atoms with van der Waals surface area (Å²) in [6.07, 6.45) is 0.736. The van der Waals surface area contributed by atoms with Gasteiger partial charge in [-0.2, -0.15) is 4.31 Å². The molecule has 0 saturated carbocycles. The molecule has 5 nitrogen and oxygen atoms in total. The van der Waals surface area contributed by atoms with Crippen LogP contribution >= 0.6 is 0 Å². The molecule has 0 atom stereocenters. The predicted octanol–water partition coefficient (Wildman–Crippen LogP) is 0.556. The van der Waals surface area contributed by atoms with Gasteiger partial charge < -0.3 is 10.5 Å². The predicted molar refractivity (Wildman–Crippen MR) is 68.5 cm³/mol. The molecule has 0 amide bonds. The van der Waals surface area contributed by atoms with Crippen LogP contribution in [0.1, 0.15) is 12.0 Å². The number of hydrogen-bond donors (Lipinski definition) is 1. The minimum Gasteiger partial charge on any atom is -0.380 e. The summed E-state index contributed by atoms with van der Waals surface area (Å²) < 4.78 is 31.5. The van der Waals surface area contributed by atoms with Gasteiger partial charge in [0.1, 0.15) is 0 Å². The zero-order chi connectivity index (χ0) is 13.0. The monoisotopic (exact) mass is 270 g/mol. The Balaban J connectivity index is 2.22. The molecular weight excluding hydrogens is 252 g/mol. The lowest BCUT2D eigenvalue weighted by atomic mass is 10.2. The lowest BCUT2D eigenvalue weighted by Crippen LogP contribution is -2.33. The molecule has 1 fully saturated rings. The zero-order valence-electron chi connectivity index (χ0n) is 10.2. The zero-order valence-corrected chi connectivity index (χ0v) is 11.0. The second kappa shape index (κ2) is 5.79. The molecule has 0 bridgehead atoms. The van der Waals surface area contributed by atoms with Gasteiger partial charge in [0, 0.05) is 26.2 Å². The second-order valence-electron chi connectivity index (χ2n) is 4.22. The minimum absolute atomic E-state index is 0.321. The Kier molecular flexibility index (Phi) is 4.34. The second-order valence-corrected chi connectivity index (χ2v) is 6.16. The number of sulfonamides is 1. The fourth-order valence-corrected chi connectivity index (χ4v) is 3.37. The van der Waals surface area contributed by atoms with Gasteiger partial charge in [-0.25, -0.2) is 8.42 Å². The maximum Gasteiger partial charge on any atom is 0.243 e. The van der Waals surface area contributed by atoms with Crippen molar-refractivity contribution in [2.75, 3.05) is 26.3 Å². The Bertz CT molecular complexity index is 477. The molecule has 0 spiro atoms. The molecule has 1 saturated heterocycles. The van der Waals surface area contributed by atoms with E-state index in [2.05, 4.69) is 0 Å². The van der Waals surface area contributed by atoms with Gasteiger partial charge in [-0.3, -0.25) is 0 Å². The number of benzene rings is 1. The quantitative estimate of drug-likeness (QED) is 0.871. The molecule has 1 aromatic carbocycles. The van der Waals surface area contributed by atoms with Crippen LogP contribution in [-0.2, 0) is 21.3 Å². The summed E-state index contributed by atoms with van der Waals surface area (Å²) >= 11 is 0. The maximum absolute atomic E-state index is 12.4. The van der Waals surface area contributed by atoms with Crippen LogP contribution in [0, 0.1) is 0 Å². The van der Waals surface area contributed by atoms with Crippen molar-refractivity contribution in [3.63, 3.8) is 0 Å². The van der Waals surface area contributed by atoms with Gasteiger partial charge in [0.05, 0.1) is 11.5 Å². The van der Waals surface area contributed by atoms with E-state index in [1.54, 1.807) is 24.3 Å². The van der Waals surface area contributed by atoms with E-state index in [0.29, 0.717) is 37.7 Å². The standard InChI is InChI=1S/C12H18N2O3S/c13-10-11-2-4-12(5-3-11)18(15,16)14-6-1-8-17-9-7-14/h2-5H,1,6-10,13H2. The number of rotatable bonds is 3. The Morgan fingerprint density at radius 1 is 1.17 bits per heavy atom. The van der Waals surface area contributed by atoms with E-state index in [1.807, 2.05) is 0 Å². The summed E-state index contributed by atoms with van der Waals surface area (Å²) in [4.78, 5) is 0.321. The highest BCUT2D eigenvalue weighted by molar-refractivity contribution is 7.89. The number of nitrogens with two attached hydrogens (primary N) is 1. The molecule has 6 heteroatoms. The van der Waals surface area contributed by atoms with Crippen LogP contribution in [0.4, 0.5) is 0 Å². The lowest BCUT2D eigenvalue weighted by molar-refractivity contribution is 0.148. The van der Waals surface area contributed by atoms with Crippen molar-refractivity contribution in [3.05, 3.63) is 29.8 Å². The summed E-state index contributed by atoms with van der Waals surface area (Å²) in [6.45, 7) is 2.43. The molecule has 1 aliphatic heterocycles. The van der Waals surface area contributed by atoms with E-state index >= 15 is 0 Å². The van der Waals surface area contributed by atoms with E-state index in [1.165, 1.54) is 4.31 Å². The van der Waals surface area contributed by atoms with Crippen LogP contribution in [0.3, 0.4) is 0 Å². The first kappa shape index (κ1) is 13.5. The van der Waals surface area contributed by atoms with Crippen molar-refractivity contribution in [3.8, 4) is 0 Å². The van der Waals surface area contributed by atoms with Gasteiger partial charge in [0.15, 0.2) is 0 Å². The Hall–Kier alpha value is -0.950. The number of hydrogen-bond acceptors (Lipinski definition) is 4. The fourth-order valence-electron chi connectivity index (χ4n) is 1.91. The molecule has 1 aromatic rings. The third kappa shape index (κ3) is 2.89. The SMILES string of the molecule is NCc1ccc(S(=O)(=O)N2CCCOCC2)cc1. The van der Waals surface area contributed by atoms with Crippen LogP contribution < -0.4 is 5.73 Å². The van der Waals surface area contributed by atoms with Gasteiger partial charge in [0.2, 0.25) is 10.0 Å². The normalized spacial score (nSPS) is 18.5. The van der Waals surface area contributed by atoms with Crippen LogP contribution in [0.2, 0.25) is 0 Å². The van der Waals surface area contributed by atoms with Crippen LogP contribution in [-0.4, -0.2) is 39.0 Å². The number of nitrogens with zero attached hydrogens (tertiary/aromatic N) is 1. The third-order valence-electron chi connectivity index (χ3n) is 2.98. The summed E-state index contributed by atoms with van der Waals surface area (Å²) in [5.41, 5.74) is 6.42. The smallest absolute Gasteiger partial charge is 0.243 e. The molecule has 1 aliphatic rings. The highest BCUT2D eigenvalue weighted by Gasteiger charge is 2.24. The van der Waals surface area contributed by atoms with E-state index in [4.69, 9.17) is 10.5 Å². The van der Waals surface area contributed by atoms with Gasteiger partial charge in [-0.15, -0.1) is 0 Å². The first-order valence-corrected chi connectivity index (χ1v) is 7.45. The molecule has 1 heterocycles. The molecule has 0 radical (unpaired) electrons. The van der Waals surface area contributed by atoms with E-state index in [-0.39, 0.29) is 0 Å². The molecular formula is C12H18N2O3S. The van der Waals surface area contributed by atoms with Crippen molar-refractivity contribution in [2.45, 2.75) is 17.9 Å². The molecule has 18 heavy (non-hydrogen) atoms. The molecule has 0 aliphatic carbocycles. The fraction of sp³-hybridized carbons (Fsp3) is 0.500. The molecule has 2 rings (SSSR count). The van der Waals surface area contributed by atoms with Crippen LogP contribution in [0.15, 0.2) is 29.2 Å². The molecule has 2 N–H and O–H groups in total. The molecule has 0 unspecified atom stereocenters. The molecule has 100 valence electrons. The summed E-state index contributed by atoms with van der Waals surface area (Å²) in [6, 6.07) is 6.73. The van der Waals surface area contributed by atoms with Crippen molar-refractivity contribution < 1.29 is 13.2 Å². The maximum atomic E-state index is 12.4. The van der Waals surface area contributed by atoms with Crippen molar-refractivity contribution in [1.82, 2.24) is 4.31 Å². The van der Waals surface area contributed by atoms with Gasteiger partial charge in [0.25, 0.3) is 0 Å². The average Bonchev–Trinajstić information content (AvgIpc) is 2.68. The average molecular weight is 270 g/mol. The highest BCUT2D eigenvalue weighted by Crippen LogP contribution is 2.17. The van der Waals surface area contributed by atoms with E-state index in [0.717, 1.165) is 12.0 Å². The van der Waals surface area contributed by atoms with Crippen molar-refractivity contribution in [2.24, 2.45) is 5.73 Å².